The molecule has 0 heterocycles. The number of nitrogens with two attached hydrogens (primary N) is 1. The third kappa shape index (κ3) is 3.35. The second-order valence-corrected chi connectivity index (χ2v) is 4.35. The summed E-state index contributed by atoms with van der Waals surface area (Å²) in [6.07, 6.45) is 0. The topological polar surface area (TPSA) is 84.2 Å². The number of anilines is 2. The number of urea groups is 1. The Morgan fingerprint density at radius 3 is 2.40 bits per heavy atom. The zero-order valence-electron chi connectivity index (χ0n) is 11.0. The van der Waals surface area contributed by atoms with Gasteiger partial charge in [0.2, 0.25) is 0 Å². The van der Waals surface area contributed by atoms with Gasteiger partial charge < -0.3 is 11.1 Å². The van der Waals surface area contributed by atoms with E-state index in [2.05, 4.69) is 10.6 Å². The number of benzene rings is 2. The molecule has 0 fully saturated rings. The summed E-state index contributed by atoms with van der Waals surface area (Å²) in [5, 5.41) is 4.84. The minimum Gasteiger partial charge on any atom is -0.399 e. The number of amides is 3. The number of carbonyl (C=O) groups excluding carboxylic acids is 2. The van der Waals surface area contributed by atoms with Crippen molar-refractivity contribution in [3.8, 4) is 0 Å². The van der Waals surface area contributed by atoms with Crippen LogP contribution in [0.3, 0.4) is 0 Å². The molecule has 2 rings (SSSR count). The highest BCUT2D eigenvalue weighted by Gasteiger charge is 2.09. The maximum atomic E-state index is 11.8. The average Bonchev–Trinajstić information content (AvgIpc) is 2.44. The number of rotatable bonds is 2. The van der Waals surface area contributed by atoms with Crippen molar-refractivity contribution in [2.75, 3.05) is 11.1 Å². The van der Waals surface area contributed by atoms with Crippen LogP contribution >= 0.6 is 0 Å². The maximum Gasteiger partial charge on any atom is 0.326 e. The summed E-state index contributed by atoms with van der Waals surface area (Å²) >= 11 is 0. The van der Waals surface area contributed by atoms with E-state index in [4.69, 9.17) is 5.73 Å². The summed E-state index contributed by atoms with van der Waals surface area (Å²) in [6.45, 7) is 1.84. The number of hydrogen-bond donors (Lipinski definition) is 3. The lowest BCUT2D eigenvalue weighted by Gasteiger charge is -2.08. The zero-order chi connectivity index (χ0) is 14.5. The van der Waals surface area contributed by atoms with Gasteiger partial charge in [-0.15, -0.1) is 0 Å². The Hall–Kier alpha value is -2.82. The molecule has 5 nitrogen and oxygen atoms in total. The van der Waals surface area contributed by atoms with Crippen molar-refractivity contribution in [2.45, 2.75) is 6.92 Å². The Bertz CT molecular complexity index is 639. The van der Waals surface area contributed by atoms with Gasteiger partial charge in [-0.25, -0.2) is 4.79 Å². The molecule has 0 saturated carbocycles. The predicted molar refractivity (Wildman–Crippen MR) is 78.5 cm³/mol. The molecule has 0 spiro atoms. The monoisotopic (exact) mass is 269 g/mol. The van der Waals surface area contributed by atoms with Crippen LogP contribution in [0.1, 0.15) is 15.9 Å². The first-order valence-electron chi connectivity index (χ1n) is 6.10. The van der Waals surface area contributed by atoms with Crippen LogP contribution in [0.15, 0.2) is 48.5 Å². The van der Waals surface area contributed by atoms with Gasteiger partial charge in [0.1, 0.15) is 0 Å². The normalized spacial score (nSPS) is 9.85. The highest BCUT2D eigenvalue weighted by molar-refractivity contribution is 6.07. The first-order valence-corrected chi connectivity index (χ1v) is 6.10. The van der Waals surface area contributed by atoms with Crippen molar-refractivity contribution in [1.29, 1.82) is 0 Å². The van der Waals surface area contributed by atoms with E-state index in [0.29, 0.717) is 16.9 Å². The Kier molecular flexibility index (Phi) is 4.00. The van der Waals surface area contributed by atoms with E-state index in [1.54, 1.807) is 48.5 Å². The van der Waals surface area contributed by atoms with Gasteiger partial charge in [-0.3, -0.25) is 10.1 Å². The molecule has 0 bridgehead atoms. The lowest BCUT2D eigenvalue weighted by Crippen LogP contribution is -2.34. The third-order valence-electron chi connectivity index (χ3n) is 2.79. The largest absolute Gasteiger partial charge is 0.399 e. The van der Waals surface area contributed by atoms with Gasteiger partial charge in [-0.1, -0.05) is 18.2 Å². The molecule has 0 aliphatic rings. The van der Waals surface area contributed by atoms with Crippen LogP contribution in [0.25, 0.3) is 0 Å². The summed E-state index contributed by atoms with van der Waals surface area (Å²) in [6, 6.07) is 13.1. The summed E-state index contributed by atoms with van der Waals surface area (Å²) in [7, 11) is 0. The Morgan fingerprint density at radius 1 is 1.05 bits per heavy atom. The van der Waals surface area contributed by atoms with Crippen molar-refractivity contribution < 1.29 is 9.59 Å². The molecule has 2 aromatic rings. The van der Waals surface area contributed by atoms with Gasteiger partial charge in [-0.05, 0) is 42.8 Å². The lowest BCUT2D eigenvalue weighted by atomic mass is 10.2. The van der Waals surface area contributed by atoms with Crippen LogP contribution in [-0.4, -0.2) is 11.9 Å². The van der Waals surface area contributed by atoms with Gasteiger partial charge in [0.25, 0.3) is 5.91 Å². The van der Waals surface area contributed by atoms with E-state index in [1.165, 1.54) is 0 Å². The molecule has 5 heteroatoms. The standard InChI is InChI=1S/C15H15N3O2/c1-10-9-12(7-8-13(10)16)17-15(20)18-14(19)11-5-3-2-4-6-11/h2-9H,16H2,1H3,(H2,17,18,19,20). The molecule has 2 aromatic carbocycles. The molecular weight excluding hydrogens is 254 g/mol. The fourth-order valence-electron chi connectivity index (χ4n) is 1.68. The smallest absolute Gasteiger partial charge is 0.326 e. The Morgan fingerprint density at radius 2 is 1.75 bits per heavy atom. The molecule has 4 N–H and O–H groups in total. The van der Waals surface area contributed by atoms with E-state index in [1.807, 2.05) is 6.92 Å². The second kappa shape index (κ2) is 5.88. The minimum absolute atomic E-state index is 0.427. The Labute approximate surface area is 116 Å². The highest BCUT2D eigenvalue weighted by Crippen LogP contribution is 2.16. The summed E-state index contributed by atoms with van der Waals surface area (Å²) in [5.41, 5.74) is 8.21. The number of carbonyl (C=O) groups is 2. The van der Waals surface area contributed by atoms with Crippen molar-refractivity contribution in [2.24, 2.45) is 0 Å². The van der Waals surface area contributed by atoms with Crippen LogP contribution in [0.2, 0.25) is 0 Å². The quantitative estimate of drug-likeness (QED) is 0.732. The first kappa shape index (κ1) is 13.6. The van der Waals surface area contributed by atoms with E-state index in [0.717, 1.165) is 5.56 Å². The predicted octanol–water partition coefficient (Wildman–Crippen LogP) is 2.54. The fraction of sp³-hybridized carbons (Fsp3) is 0.0667. The van der Waals surface area contributed by atoms with Crippen LogP contribution in [0.5, 0.6) is 0 Å². The molecule has 20 heavy (non-hydrogen) atoms. The molecule has 102 valence electrons. The van der Waals surface area contributed by atoms with E-state index < -0.39 is 11.9 Å². The molecule has 0 unspecified atom stereocenters. The van der Waals surface area contributed by atoms with Crippen molar-refractivity contribution in [1.82, 2.24) is 5.32 Å². The van der Waals surface area contributed by atoms with Gasteiger partial charge in [0.05, 0.1) is 0 Å². The average molecular weight is 269 g/mol. The zero-order valence-corrected chi connectivity index (χ0v) is 11.0. The van der Waals surface area contributed by atoms with Crippen molar-refractivity contribution in [3.63, 3.8) is 0 Å². The van der Waals surface area contributed by atoms with Crippen LogP contribution in [-0.2, 0) is 0 Å². The molecule has 0 aliphatic carbocycles. The number of aryl methyl sites for hydroxylation is 1. The van der Waals surface area contributed by atoms with Gasteiger partial charge in [0.15, 0.2) is 0 Å². The molecule has 0 atom stereocenters. The SMILES string of the molecule is Cc1cc(NC(=O)NC(=O)c2ccccc2)ccc1N. The lowest BCUT2D eigenvalue weighted by molar-refractivity contribution is 0.0967. The molecule has 0 radical (unpaired) electrons. The molecule has 0 aliphatic heterocycles. The van der Waals surface area contributed by atoms with Gasteiger partial charge >= 0.3 is 6.03 Å². The van der Waals surface area contributed by atoms with E-state index in [9.17, 15) is 9.59 Å². The van der Waals surface area contributed by atoms with Crippen molar-refractivity contribution >= 4 is 23.3 Å². The molecular formula is C15H15N3O2. The maximum absolute atomic E-state index is 11.8. The number of imide groups is 1. The molecule has 0 saturated heterocycles. The van der Waals surface area contributed by atoms with Crippen molar-refractivity contribution in [3.05, 3.63) is 59.7 Å². The van der Waals surface area contributed by atoms with Gasteiger partial charge in [0, 0.05) is 16.9 Å². The molecule has 0 aromatic heterocycles. The van der Waals surface area contributed by atoms with Crippen LogP contribution in [0.4, 0.5) is 16.2 Å². The number of nitrogen functional groups attached to an aromatic ring is 1. The van der Waals surface area contributed by atoms with Crippen LogP contribution < -0.4 is 16.4 Å². The van der Waals surface area contributed by atoms with E-state index in [-0.39, 0.29) is 0 Å². The first-order chi connectivity index (χ1) is 9.56. The second-order valence-electron chi connectivity index (χ2n) is 4.35. The highest BCUT2D eigenvalue weighted by atomic mass is 16.2. The number of hydrogen-bond acceptors (Lipinski definition) is 3. The third-order valence-corrected chi connectivity index (χ3v) is 2.79. The van der Waals surface area contributed by atoms with Crippen LogP contribution in [0, 0.1) is 6.92 Å². The molecule has 3 amide bonds. The van der Waals surface area contributed by atoms with E-state index >= 15 is 0 Å². The van der Waals surface area contributed by atoms with Gasteiger partial charge in [-0.2, -0.15) is 0 Å². The number of nitrogens with one attached hydrogen (secondary N) is 2. The minimum atomic E-state index is -0.581. The fourth-order valence-corrected chi connectivity index (χ4v) is 1.68. The Balaban J connectivity index is 1.99. The summed E-state index contributed by atoms with van der Waals surface area (Å²) in [4.78, 5) is 23.5. The summed E-state index contributed by atoms with van der Waals surface area (Å²) in [5.74, 6) is -0.449. The summed E-state index contributed by atoms with van der Waals surface area (Å²) < 4.78 is 0.